The fourth-order valence-corrected chi connectivity index (χ4v) is 2.77. The Hall–Kier alpha value is -1.98. The number of ether oxygens (including phenoxy) is 3. The number of phenolic OH excluding ortho intramolecular Hbond substituents is 2. The number of hydrogen-bond donors (Lipinski definition) is 2. The van der Waals surface area contributed by atoms with Crippen LogP contribution in [0.3, 0.4) is 0 Å². The average Bonchev–Trinajstić information content (AvgIpc) is 2.46. The maximum Gasteiger partial charge on any atom is 0.204 e. The highest BCUT2D eigenvalue weighted by atomic mass is 35.5. The third-order valence-corrected chi connectivity index (χ3v) is 3.61. The second-order valence-electron chi connectivity index (χ2n) is 4.32. The van der Waals surface area contributed by atoms with Crippen LogP contribution in [0.5, 0.6) is 28.7 Å². The first-order valence-corrected chi connectivity index (χ1v) is 6.90. The molecule has 0 spiro atoms. The molecule has 0 saturated carbocycles. The number of phenols is 2. The molecule has 0 aliphatic heterocycles. The first-order chi connectivity index (χ1) is 10.4. The second-order valence-corrected chi connectivity index (χ2v) is 5.16. The lowest BCUT2D eigenvalue weighted by Gasteiger charge is -2.18. The van der Waals surface area contributed by atoms with Gasteiger partial charge in [0.15, 0.2) is 11.5 Å². The molecule has 22 heavy (non-hydrogen) atoms. The average molecular weight is 345 g/mol. The van der Waals surface area contributed by atoms with Crippen LogP contribution in [0.15, 0.2) is 18.2 Å². The monoisotopic (exact) mass is 344 g/mol. The van der Waals surface area contributed by atoms with Crippen LogP contribution >= 0.6 is 23.2 Å². The van der Waals surface area contributed by atoms with Crippen LogP contribution in [-0.2, 0) is 0 Å². The van der Waals surface area contributed by atoms with Crippen LogP contribution < -0.4 is 14.2 Å². The normalized spacial score (nSPS) is 10.4. The van der Waals surface area contributed by atoms with Crippen LogP contribution in [0.4, 0.5) is 0 Å². The summed E-state index contributed by atoms with van der Waals surface area (Å²) in [6.07, 6.45) is 0. The first-order valence-electron chi connectivity index (χ1n) is 6.14. The van der Waals surface area contributed by atoms with Gasteiger partial charge in [-0.15, -0.1) is 0 Å². The second kappa shape index (κ2) is 6.42. The minimum Gasteiger partial charge on any atom is -0.507 e. The standard InChI is InChI=1S/C15H14Cl2O5/c1-20-11-6-10(19)13(15(22-3)14(11)21-2)12-8(17)4-7(16)5-9(12)18/h4-6,18-19H,1-3H3. The Bertz CT molecular complexity index is 693. The van der Waals surface area contributed by atoms with E-state index in [2.05, 4.69) is 0 Å². The molecule has 0 amide bonds. The Morgan fingerprint density at radius 1 is 0.773 bits per heavy atom. The van der Waals surface area contributed by atoms with Crippen molar-refractivity contribution in [3.05, 3.63) is 28.2 Å². The number of methoxy groups -OCH3 is 3. The van der Waals surface area contributed by atoms with Crippen LogP contribution in [0.1, 0.15) is 0 Å². The summed E-state index contributed by atoms with van der Waals surface area (Å²) in [6, 6.07) is 4.12. The molecule has 7 heteroatoms. The lowest BCUT2D eigenvalue weighted by Crippen LogP contribution is -1.98. The Kier molecular flexibility index (Phi) is 4.78. The van der Waals surface area contributed by atoms with Gasteiger partial charge in [0.25, 0.3) is 0 Å². The maximum absolute atomic E-state index is 10.3. The maximum atomic E-state index is 10.3. The molecule has 0 radical (unpaired) electrons. The summed E-state index contributed by atoms with van der Waals surface area (Å²) >= 11 is 12.0. The molecule has 2 aromatic rings. The van der Waals surface area contributed by atoms with Crippen molar-refractivity contribution in [2.24, 2.45) is 0 Å². The summed E-state index contributed by atoms with van der Waals surface area (Å²) in [6.45, 7) is 0. The Morgan fingerprint density at radius 2 is 1.36 bits per heavy atom. The van der Waals surface area contributed by atoms with Crippen molar-refractivity contribution >= 4 is 23.2 Å². The molecule has 0 bridgehead atoms. The molecule has 0 aliphatic rings. The van der Waals surface area contributed by atoms with Gasteiger partial charge in [0.05, 0.1) is 31.9 Å². The minimum atomic E-state index is -0.196. The molecule has 2 N–H and O–H groups in total. The summed E-state index contributed by atoms with van der Waals surface area (Å²) < 4.78 is 15.7. The number of aromatic hydroxyl groups is 2. The number of hydrogen-bond acceptors (Lipinski definition) is 5. The van der Waals surface area contributed by atoms with E-state index in [1.807, 2.05) is 0 Å². The molecule has 0 fully saturated rings. The lowest BCUT2D eigenvalue weighted by atomic mass is 10.0. The minimum absolute atomic E-state index is 0.158. The van der Waals surface area contributed by atoms with Crippen molar-refractivity contribution in [1.82, 2.24) is 0 Å². The predicted octanol–water partition coefficient (Wildman–Crippen LogP) is 4.10. The largest absolute Gasteiger partial charge is 0.507 e. The van der Waals surface area contributed by atoms with Gasteiger partial charge in [-0.3, -0.25) is 0 Å². The molecule has 2 aromatic carbocycles. The molecule has 118 valence electrons. The lowest BCUT2D eigenvalue weighted by molar-refractivity contribution is 0.321. The molecular formula is C15H14Cl2O5. The van der Waals surface area contributed by atoms with Gasteiger partial charge >= 0.3 is 0 Å². The van der Waals surface area contributed by atoms with E-state index in [4.69, 9.17) is 37.4 Å². The molecular weight excluding hydrogens is 331 g/mol. The molecule has 0 aliphatic carbocycles. The quantitative estimate of drug-likeness (QED) is 0.873. The van der Waals surface area contributed by atoms with Gasteiger partial charge in [-0.2, -0.15) is 0 Å². The van der Waals surface area contributed by atoms with Crippen molar-refractivity contribution < 1.29 is 24.4 Å². The highest BCUT2D eigenvalue weighted by Gasteiger charge is 2.25. The third kappa shape index (κ3) is 2.69. The van der Waals surface area contributed by atoms with Gasteiger partial charge < -0.3 is 24.4 Å². The van der Waals surface area contributed by atoms with E-state index in [9.17, 15) is 10.2 Å². The Morgan fingerprint density at radius 3 is 1.86 bits per heavy atom. The van der Waals surface area contributed by atoms with Crippen molar-refractivity contribution in [2.75, 3.05) is 21.3 Å². The van der Waals surface area contributed by atoms with Crippen molar-refractivity contribution in [3.63, 3.8) is 0 Å². The van der Waals surface area contributed by atoms with Crippen LogP contribution in [0, 0.1) is 0 Å². The molecule has 0 aromatic heterocycles. The molecule has 0 unspecified atom stereocenters. The zero-order valence-corrected chi connectivity index (χ0v) is 13.6. The Balaban J connectivity index is 2.87. The zero-order valence-electron chi connectivity index (χ0n) is 12.1. The topological polar surface area (TPSA) is 68.2 Å². The molecule has 0 heterocycles. The van der Waals surface area contributed by atoms with Gasteiger partial charge in [0.1, 0.15) is 11.5 Å². The van der Waals surface area contributed by atoms with Gasteiger partial charge in [-0.1, -0.05) is 23.2 Å². The summed E-state index contributed by atoms with van der Waals surface area (Å²) in [4.78, 5) is 0. The third-order valence-electron chi connectivity index (χ3n) is 3.09. The van der Waals surface area contributed by atoms with E-state index in [0.717, 1.165) is 0 Å². The highest BCUT2D eigenvalue weighted by molar-refractivity contribution is 6.37. The number of halogens is 2. The van der Waals surface area contributed by atoms with E-state index in [-0.39, 0.29) is 49.9 Å². The van der Waals surface area contributed by atoms with Gasteiger partial charge in [0.2, 0.25) is 5.75 Å². The van der Waals surface area contributed by atoms with Crippen molar-refractivity contribution in [2.45, 2.75) is 0 Å². The van der Waals surface area contributed by atoms with E-state index in [1.54, 1.807) is 0 Å². The SMILES string of the molecule is COc1cc(O)c(-c2c(O)cc(Cl)cc2Cl)c(OC)c1OC. The van der Waals surface area contributed by atoms with Gasteiger partial charge in [-0.05, 0) is 12.1 Å². The Labute approximate surface area is 137 Å². The summed E-state index contributed by atoms with van der Waals surface area (Å²) in [5.74, 6) is 0.347. The molecule has 0 atom stereocenters. The van der Waals surface area contributed by atoms with Crippen LogP contribution in [0.25, 0.3) is 11.1 Å². The van der Waals surface area contributed by atoms with Crippen molar-refractivity contribution in [1.29, 1.82) is 0 Å². The van der Waals surface area contributed by atoms with E-state index < -0.39 is 0 Å². The summed E-state index contributed by atoms with van der Waals surface area (Å²) in [5.41, 5.74) is 0.362. The van der Waals surface area contributed by atoms with E-state index in [1.165, 1.54) is 39.5 Å². The first kappa shape index (κ1) is 16.4. The van der Waals surface area contributed by atoms with Crippen LogP contribution in [0.2, 0.25) is 10.0 Å². The molecule has 5 nitrogen and oxygen atoms in total. The zero-order chi connectivity index (χ0) is 16.4. The summed E-state index contributed by atoms with van der Waals surface area (Å²) in [7, 11) is 4.27. The van der Waals surface area contributed by atoms with Gasteiger partial charge in [0, 0.05) is 16.7 Å². The van der Waals surface area contributed by atoms with E-state index >= 15 is 0 Å². The fraction of sp³-hybridized carbons (Fsp3) is 0.200. The van der Waals surface area contributed by atoms with Crippen LogP contribution in [-0.4, -0.2) is 31.5 Å². The smallest absolute Gasteiger partial charge is 0.204 e. The fourth-order valence-electron chi connectivity index (χ4n) is 2.19. The predicted molar refractivity (Wildman–Crippen MR) is 84.9 cm³/mol. The van der Waals surface area contributed by atoms with E-state index in [0.29, 0.717) is 0 Å². The number of benzene rings is 2. The summed E-state index contributed by atoms with van der Waals surface area (Å²) in [5, 5.41) is 20.9. The highest BCUT2D eigenvalue weighted by Crippen LogP contribution is 2.53. The number of rotatable bonds is 4. The van der Waals surface area contributed by atoms with Crippen molar-refractivity contribution in [3.8, 4) is 39.9 Å². The molecule has 2 rings (SSSR count). The molecule has 0 saturated heterocycles. The van der Waals surface area contributed by atoms with Gasteiger partial charge in [-0.25, -0.2) is 0 Å².